The Hall–Kier alpha value is -1.26. The summed E-state index contributed by atoms with van der Waals surface area (Å²) in [4.78, 5) is 17.4. The Morgan fingerprint density at radius 1 is 1.33 bits per heavy atom. The van der Waals surface area contributed by atoms with Crippen molar-refractivity contribution in [2.45, 2.75) is 51.6 Å². The molecule has 0 bridgehead atoms. The zero-order valence-electron chi connectivity index (χ0n) is 12.0. The molecule has 2 N–H and O–H groups in total. The van der Waals surface area contributed by atoms with Crippen LogP contribution >= 0.6 is 0 Å². The molecule has 0 aromatic heterocycles. The summed E-state index contributed by atoms with van der Waals surface area (Å²) >= 11 is 0. The third-order valence-electron chi connectivity index (χ3n) is 2.99. The van der Waals surface area contributed by atoms with E-state index in [0.29, 0.717) is 12.1 Å². The lowest BCUT2D eigenvalue weighted by atomic mass is 10.2. The van der Waals surface area contributed by atoms with E-state index in [1.807, 2.05) is 0 Å². The number of carbonyl (C=O) groups excluding carboxylic acids is 1. The zero-order valence-corrected chi connectivity index (χ0v) is 12.0. The number of rotatable bonds is 4. The Balaban J connectivity index is 2.52. The predicted octanol–water partition coefficient (Wildman–Crippen LogP) is 0.961. The highest BCUT2D eigenvalue weighted by atomic mass is 16.2. The van der Waals surface area contributed by atoms with Gasteiger partial charge < -0.3 is 15.5 Å². The number of likely N-dealkylation sites (N-methyl/N-ethyl adjacent to an activating group) is 1. The fraction of sp³-hybridized carbons (Fsp3) is 0.846. The van der Waals surface area contributed by atoms with Gasteiger partial charge in [-0.15, -0.1) is 0 Å². The minimum atomic E-state index is 0.0197. The number of nitrogens with zero attached hydrogens (tertiary/aromatic N) is 2. The summed E-state index contributed by atoms with van der Waals surface area (Å²) in [6, 6.07) is 0.816. The van der Waals surface area contributed by atoms with Crippen molar-refractivity contribution in [2.24, 2.45) is 4.99 Å². The van der Waals surface area contributed by atoms with Crippen LogP contribution in [0.3, 0.4) is 0 Å². The summed E-state index contributed by atoms with van der Waals surface area (Å²) < 4.78 is 0. The Labute approximate surface area is 110 Å². The third-order valence-corrected chi connectivity index (χ3v) is 2.99. The van der Waals surface area contributed by atoms with Gasteiger partial charge in [-0.05, 0) is 26.7 Å². The molecule has 1 rings (SSSR count). The number of guanidine groups is 1. The second kappa shape index (κ2) is 7.24. The van der Waals surface area contributed by atoms with Crippen molar-refractivity contribution in [3.8, 4) is 0 Å². The number of carbonyl (C=O) groups is 1. The fourth-order valence-corrected chi connectivity index (χ4v) is 1.96. The molecule has 1 saturated carbocycles. The van der Waals surface area contributed by atoms with Gasteiger partial charge in [-0.25, -0.2) is 4.99 Å². The molecule has 0 heterocycles. The number of hydrogen-bond acceptors (Lipinski definition) is 2. The second-order valence-electron chi connectivity index (χ2n) is 5.38. The summed E-state index contributed by atoms with van der Waals surface area (Å²) in [5.41, 5.74) is 0. The summed E-state index contributed by atoms with van der Waals surface area (Å²) in [5.74, 6) is 0.776. The van der Waals surface area contributed by atoms with E-state index < -0.39 is 0 Å². The maximum Gasteiger partial charge on any atom is 0.243 e. The van der Waals surface area contributed by atoms with Crippen LogP contribution in [0.25, 0.3) is 0 Å². The minimum absolute atomic E-state index is 0.0197. The molecular formula is C13H26N4O. The molecule has 0 spiro atoms. The second-order valence-corrected chi connectivity index (χ2v) is 5.38. The van der Waals surface area contributed by atoms with Gasteiger partial charge in [-0.2, -0.15) is 0 Å². The lowest BCUT2D eigenvalue weighted by Crippen LogP contribution is -2.45. The highest BCUT2D eigenvalue weighted by Crippen LogP contribution is 2.17. The van der Waals surface area contributed by atoms with E-state index in [2.05, 4.69) is 29.5 Å². The van der Waals surface area contributed by atoms with Crippen molar-refractivity contribution in [2.75, 3.05) is 20.6 Å². The highest BCUT2D eigenvalue weighted by molar-refractivity contribution is 5.85. The molecule has 0 aromatic carbocycles. The molecule has 18 heavy (non-hydrogen) atoms. The van der Waals surface area contributed by atoms with Gasteiger partial charge in [0.25, 0.3) is 0 Å². The molecule has 0 unspecified atom stereocenters. The molecular weight excluding hydrogens is 228 g/mol. The first-order chi connectivity index (χ1) is 8.49. The molecule has 0 aromatic rings. The van der Waals surface area contributed by atoms with Gasteiger partial charge in [0.05, 0.1) is 0 Å². The molecule has 5 heteroatoms. The predicted molar refractivity (Wildman–Crippen MR) is 74.7 cm³/mol. The number of amides is 1. The zero-order chi connectivity index (χ0) is 13.5. The molecule has 1 fully saturated rings. The van der Waals surface area contributed by atoms with Crippen molar-refractivity contribution in [1.29, 1.82) is 0 Å². The molecule has 0 aliphatic heterocycles. The SMILES string of the molecule is CC(C)NC(=NCC(=O)N(C)C)NC1CCCC1. The number of hydrogen-bond donors (Lipinski definition) is 2. The van der Waals surface area contributed by atoms with Crippen LogP contribution in [0.15, 0.2) is 4.99 Å². The average molecular weight is 254 g/mol. The van der Waals surface area contributed by atoms with Crippen LogP contribution in [0.1, 0.15) is 39.5 Å². The number of nitrogens with one attached hydrogen (secondary N) is 2. The molecule has 1 aliphatic carbocycles. The maximum absolute atomic E-state index is 11.5. The summed E-state index contributed by atoms with van der Waals surface area (Å²) in [7, 11) is 3.50. The van der Waals surface area contributed by atoms with Crippen LogP contribution in [0.5, 0.6) is 0 Å². The molecule has 1 aliphatic rings. The lowest BCUT2D eigenvalue weighted by Gasteiger charge is -2.19. The monoisotopic (exact) mass is 254 g/mol. The average Bonchev–Trinajstić information content (AvgIpc) is 2.77. The molecule has 5 nitrogen and oxygen atoms in total. The smallest absolute Gasteiger partial charge is 0.243 e. The van der Waals surface area contributed by atoms with Gasteiger partial charge in [-0.1, -0.05) is 12.8 Å². The van der Waals surface area contributed by atoms with Gasteiger partial charge in [0.15, 0.2) is 5.96 Å². The van der Waals surface area contributed by atoms with Gasteiger partial charge in [-0.3, -0.25) is 4.79 Å². The first-order valence-electron chi connectivity index (χ1n) is 6.76. The van der Waals surface area contributed by atoms with Crippen molar-refractivity contribution in [3.05, 3.63) is 0 Å². The van der Waals surface area contributed by atoms with Crippen molar-refractivity contribution in [3.63, 3.8) is 0 Å². The Morgan fingerprint density at radius 3 is 2.44 bits per heavy atom. The van der Waals surface area contributed by atoms with E-state index >= 15 is 0 Å². The Kier molecular flexibility index (Phi) is 5.95. The summed E-state index contributed by atoms with van der Waals surface area (Å²) in [6.45, 7) is 4.33. The van der Waals surface area contributed by atoms with Crippen LogP contribution in [0, 0.1) is 0 Å². The van der Waals surface area contributed by atoms with Crippen molar-refractivity contribution >= 4 is 11.9 Å². The van der Waals surface area contributed by atoms with Gasteiger partial charge >= 0.3 is 0 Å². The maximum atomic E-state index is 11.5. The third kappa shape index (κ3) is 5.38. The highest BCUT2D eigenvalue weighted by Gasteiger charge is 2.16. The van der Waals surface area contributed by atoms with E-state index in [0.717, 1.165) is 5.96 Å². The Bertz CT molecular complexity index is 293. The van der Waals surface area contributed by atoms with Crippen molar-refractivity contribution in [1.82, 2.24) is 15.5 Å². The lowest BCUT2D eigenvalue weighted by molar-refractivity contribution is -0.127. The molecule has 1 amide bonds. The topological polar surface area (TPSA) is 56.7 Å². The normalized spacial score (nSPS) is 17.1. The first-order valence-corrected chi connectivity index (χ1v) is 6.76. The molecule has 0 atom stereocenters. The van der Waals surface area contributed by atoms with Crippen LogP contribution < -0.4 is 10.6 Å². The molecule has 0 radical (unpaired) electrons. The van der Waals surface area contributed by atoms with Crippen LogP contribution in [0.2, 0.25) is 0 Å². The van der Waals surface area contributed by atoms with E-state index in [4.69, 9.17) is 0 Å². The standard InChI is InChI=1S/C13H26N4O/c1-10(2)15-13(14-9-12(18)17(3)4)16-11-7-5-6-8-11/h10-11H,5-9H2,1-4H3,(H2,14,15,16). The quantitative estimate of drug-likeness (QED) is 0.580. The van der Waals surface area contributed by atoms with Gasteiger partial charge in [0, 0.05) is 26.2 Å². The van der Waals surface area contributed by atoms with E-state index in [1.54, 1.807) is 19.0 Å². The van der Waals surface area contributed by atoms with E-state index in [1.165, 1.54) is 25.7 Å². The molecule has 104 valence electrons. The first kappa shape index (κ1) is 14.8. The van der Waals surface area contributed by atoms with Crippen LogP contribution in [-0.4, -0.2) is 49.5 Å². The molecule has 0 saturated heterocycles. The minimum Gasteiger partial charge on any atom is -0.354 e. The van der Waals surface area contributed by atoms with Crippen LogP contribution in [-0.2, 0) is 4.79 Å². The van der Waals surface area contributed by atoms with Crippen LogP contribution in [0.4, 0.5) is 0 Å². The largest absolute Gasteiger partial charge is 0.354 e. The van der Waals surface area contributed by atoms with Gasteiger partial charge in [0.1, 0.15) is 6.54 Å². The van der Waals surface area contributed by atoms with E-state index in [9.17, 15) is 4.79 Å². The van der Waals surface area contributed by atoms with E-state index in [-0.39, 0.29) is 12.5 Å². The van der Waals surface area contributed by atoms with Crippen molar-refractivity contribution < 1.29 is 4.79 Å². The summed E-state index contributed by atoms with van der Waals surface area (Å²) in [6.07, 6.45) is 4.95. The fourth-order valence-electron chi connectivity index (χ4n) is 1.96. The number of aliphatic imine (C=N–C) groups is 1. The summed E-state index contributed by atoms with van der Waals surface area (Å²) in [5, 5.41) is 6.68. The Morgan fingerprint density at radius 2 is 1.94 bits per heavy atom. The van der Waals surface area contributed by atoms with Gasteiger partial charge in [0.2, 0.25) is 5.91 Å².